The summed E-state index contributed by atoms with van der Waals surface area (Å²) in [6, 6.07) is 0. The molecule has 0 saturated heterocycles. The van der Waals surface area contributed by atoms with Crippen LogP contribution in [0.4, 0.5) is 0 Å². The van der Waals surface area contributed by atoms with Crippen LogP contribution in [0.3, 0.4) is 0 Å². The van der Waals surface area contributed by atoms with Gasteiger partial charge in [0.25, 0.3) is 0 Å². The van der Waals surface area contributed by atoms with Gasteiger partial charge in [-0.2, -0.15) is 10.2 Å². The summed E-state index contributed by atoms with van der Waals surface area (Å²) in [6.45, 7) is 4.62. The molecule has 0 aliphatic heterocycles. The second-order valence-electron chi connectivity index (χ2n) is 3.88. The predicted molar refractivity (Wildman–Crippen MR) is 69.2 cm³/mol. The third-order valence-electron chi connectivity index (χ3n) is 2.67. The number of rotatable bonds is 4. The van der Waals surface area contributed by atoms with Gasteiger partial charge in [-0.15, -0.1) is 0 Å². The van der Waals surface area contributed by atoms with E-state index in [-0.39, 0.29) is 6.54 Å². The number of hydrogen-bond acceptors (Lipinski definition) is 3. The van der Waals surface area contributed by atoms with E-state index in [0.29, 0.717) is 5.69 Å². The molecule has 0 unspecified atom stereocenters. The maximum absolute atomic E-state index is 10.7. The maximum Gasteiger partial charge on any atom is 0.325 e. The highest BCUT2D eigenvalue weighted by atomic mass is 79.9. The Morgan fingerprint density at radius 1 is 1.56 bits per heavy atom. The van der Waals surface area contributed by atoms with Gasteiger partial charge < -0.3 is 5.11 Å². The van der Waals surface area contributed by atoms with Crippen molar-refractivity contribution in [2.24, 2.45) is 0 Å². The Bertz CT molecular complexity index is 588. The number of aliphatic carboxylic acids is 1. The third-order valence-corrected chi connectivity index (χ3v) is 3.25. The van der Waals surface area contributed by atoms with Gasteiger partial charge >= 0.3 is 5.97 Å². The molecular weight excluding hydrogens is 300 g/mol. The summed E-state index contributed by atoms with van der Waals surface area (Å²) >= 11 is 3.40. The van der Waals surface area contributed by atoms with E-state index in [9.17, 15) is 4.79 Å². The molecule has 6 nitrogen and oxygen atoms in total. The van der Waals surface area contributed by atoms with Gasteiger partial charge in [-0.25, -0.2) is 0 Å². The first kappa shape index (κ1) is 12.8. The summed E-state index contributed by atoms with van der Waals surface area (Å²) < 4.78 is 4.03. The smallest absolute Gasteiger partial charge is 0.325 e. The maximum atomic E-state index is 10.7. The average molecular weight is 313 g/mol. The van der Waals surface area contributed by atoms with Crippen LogP contribution in [0.1, 0.15) is 12.6 Å². The van der Waals surface area contributed by atoms with Gasteiger partial charge in [0.05, 0.1) is 10.7 Å². The molecule has 0 saturated carbocycles. The van der Waals surface area contributed by atoms with Crippen molar-refractivity contribution in [2.75, 3.05) is 0 Å². The lowest BCUT2D eigenvalue weighted by atomic mass is 10.2. The van der Waals surface area contributed by atoms with Crippen LogP contribution in [0.2, 0.25) is 0 Å². The van der Waals surface area contributed by atoms with Crippen LogP contribution in [-0.2, 0) is 17.9 Å². The number of halogens is 1. The zero-order valence-electron chi connectivity index (χ0n) is 10.1. The molecule has 2 heterocycles. The van der Waals surface area contributed by atoms with Gasteiger partial charge in [0.1, 0.15) is 12.2 Å². The van der Waals surface area contributed by atoms with Gasteiger partial charge in [0.2, 0.25) is 0 Å². The van der Waals surface area contributed by atoms with E-state index < -0.39 is 5.97 Å². The van der Waals surface area contributed by atoms with Crippen LogP contribution in [0.25, 0.3) is 11.3 Å². The molecule has 7 heteroatoms. The van der Waals surface area contributed by atoms with Crippen molar-refractivity contribution < 1.29 is 9.90 Å². The van der Waals surface area contributed by atoms with Gasteiger partial charge in [-0.05, 0) is 29.8 Å². The largest absolute Gasteiger partial charge is 0.480 e. The number of aromatic nitrogens is 4. The third kappa shape index (κ3) is 2.31. The summed E-state index contributed by atoms with van der Waals surface area (Å²) in [4.78, 5) is 10.7. The van der Waals surface area contributed by atoms with E-state index in [2.05, 4.69) is 26.1 Å². The lowest BCUT2D eigenvalue weighted by Crippen LogP contribution is -2.08. The monoisotopic (exact) mass is 312 g/mol. The van der Waals surface area contributed by atoms with Gasteiger partial charge in [-0.1, -0.05) is 0 Å². The van der Waals surface area contributed by atoms with Crippen molar-refractivity contribution in [3.63, 3.8) is 0 Å². The average Bonchev–Trinajstić information content (AvgIpc) is 2.81. The molecule has 0 aliphatic carbocycles. The molecule has 1 N–H and O–H groups in total. The zero-order chi connectivity index (χ0) is 13.3. The Labute approximate surface area is 112 Å². The fraction of sp³-hybridized carbons (Fsp3) is 0.364. The summed E-state index contributed by atoms with van der Waals surface area (Å²) in [7, 11) is 0. The molecule has 0 spiro atoms. The number of nitrogens with zero attached hydrogens (tertiary/aromatic N) is 4. The SMILES string of the molecule is CCn1ncc(-c2nn(CC(=O)O)cc2Br)c1C. The molecule has 0 radical (unpaired) electrons. The van der Waals surface area contributed by atoms with Crippen molar-refractivity contribution in [3.05, 3.63) is 22.6 Å². The van der Waals surface area contributed by atoms with Gasteiger partial charge in [0.15, 0.2) is 0 Å². The fourth-order valence-electron chi connectivity index (χ4n) is 1.80. The van der Waals surface area contributed by atoms with Crippen molar-refractivity contribution in [2.45, 2.75) is 26.9 Å². The molecule has 0 fully saturated rings. The highest BCUT2D eigenvalue weighted by molar-refractivity contribution is 9.10. The van der Waals surface area contributed by atoms with Crippen LogP contribution in [0.15, 0.2) is 16.9 Å². The second-order valence-corrected chi connectivity index (χ2v) is 4.73. The Kier molecular flexibility index (Phi) is 3.51. The molecule has 2 aromatic rings. The molecule has 2 aromatic heterocycles. The molecule has 0 aromatic carbocycles. The zero-order valence-corrected chi connectivity index (χ0v) is 11.7. The highest BCUT2D eigenvalue weighted by Crippen LogP contribution is 2.28. The second kappa shape index (κ2) is 4.93. The van der Waals surface area contributed by atoms with E-state index in [1.165, 1.54) is 4.68 Å². The van der Waals surface area contributed by atoms with Crippen LogP contribution >= 0.6 is 15.9 Å². The minimum Gasteiger partial charge on any atom is -0.480 e. The standard InChI is InChI=1S/C11H13BrN4O2/c1-3-16-7(2)8(4-13-16)11-9(12)5-15(14-11)6-10(17)18/h4-5H,3,6H2,1-2H3,(H,17,18). The molecule has 18 heavy (non-hydrogen) atoms. The van der Waals surface area contributed by atoms with Crippen molar-refractivity contribution in [1.29, 1.82) is 0 Å². The summed E-state index contributed by atoms with van der Waals surface area (Å²) in [5.74, 6) is -0.919. The number of carboxylic acid groups (broad SMARTS) is 1. The van der Waals surface area contributed by atoms with E-state index in [1.54, 1.807) is 12.4 Å². The predicted octanol–water partition coefficient (Wildman–Crippen LogP) is 1.92. The van der Waals surface area contributed by atoms with Crippen LogP contribution in [-0.4, -0.2) is 30.6 Å². The van der Waals surface area contributed by atoms with E-state index in [4.69, 9.17) is 5.11 Å². The molecule has 2 rings (SSSR count). The normalized spacial score (nSPS) is 10.8. The summed E-state index contributed by atoms with van der Waals surface area (Å²) in [6.07, 6.45) is 3.41. The Balaban J connectivity index is 2.41. The van der Waals surface area contributed by atoms with Crippen molar-refractivity contribution in [3.8, 4) is 11.3 Å². The van der Waals surface area contributed by atoms with Crippen molar-refractivity contribution in [1.82, 2.24) is 19.6 Å². The van der Waals surface area contributed by atoms with Gasteiger partial charge in [-0.3, -0.25) is 14.2 Å². The van der Waals surface area contributed by atoms with Crippen molar-refractivity contribution >= 4 is 21.9 Å². The minimum atomic E-state index is -0.919. The topological polar surface area (TPSA) is 72.9 Å². The number of aryl methyl sites for hydroxylation is 1. The summed E-state index contributed by atoms with van der Waals surface area (Å²) in [5, 5.41) is 17.3. The van der Waals surface area contributed by atoms with Crippen LogP contribution < -0.4 is 0 Å². The minimum absolute atomic E-state index is 0.153. The van der Waals surface area contributed by atoms with E-state index in [0.717, 1.165) is 22.3 Å². The number of carbonyl (C=O) groups is 1. The first-order valence-electron chi connectivity index (χ1n) is 5.50. The fourth-order valence-corrected chi connectivity index (χ4v) is 2.33. The Morgan fingerprint density at radius 3 is 2.83 bits per heavy atom. The Morgan fingerprint density at radius 2 is 2.28 bits per heavy atom. The van der Waals surface area contributed by atoms with Crippen LogP contribution in [0, 0.1) is 6.92 Å². The molecule has 0 bridgehead atoms. The molecule has 96 valence electrons. The molecule has 0 amide bonds. The highest BCUT2D eigenvalue weighted by Gasteiger charge is 2.15. The van der Waals surface area contributed by atoms with Crippen LogP contribution in [0.5, 0.6) is 0 Å². The van der Waals surface area contributed by atoms with Gasteiger partial charge in [0, 0.05) is 24.0 Å². The van der Waals surface area contributed by atoms with E-state index >= 15 is 0 Å². The lowest BCUT2D eigenvalue weighted by molar-refractivity contribution is -0.137. The Hall–Kier alpha value is -1.63. The quantitative estimate of drug-likeness (QED) is 0.936. The molecule has 0 atom stereocenters. The lowest BCUT2D eigenvalue weighted by Gasteiger charge is -2.00. The first-order valence-corrected chi connectivity index (χ1v) is 6.29. The number of carboxylic acids is 1. The first-order chi connectivity index (χ1) is 8.52. The van der Waals surface area contributed by atoms with E-state index in [1.807, 2.05) is 18.5 Å². The summed E-state index contributed by atoms with van der Waals surface area (Å²) in [5.41, 5.74) is 2.64. The molecule has 0 aliphatic rings. The number of hydrogen-bond donors (Lipinski definition) is 1. The molecular formula is C11H13BrN4O2.